The van der Waals surface area contributed by atoms with Crippen LogP contribution in [0.5, 0.6) is 0 Å². The summed E-state index contributed by atoms with van der Waals surface area (Å²) < 4.78 is 25.7. The number of rotatable bonds is 4. The van der Waals surface area contributed by atoms with Crippen LogP contribution in [-0.2, 0) is 23.0 Å². The van der Waals surface area contributed by atoms with E-state index in [1.54, 1.807) is 36.4 Å². The summed E-state index contributed by atoms with van der Waals surface area (Å²) in [6, 6.07) is 3.13. The van der Waals surface area contributed by atoms with Gasteiger partial charge in [0.2, 0.25) is 10.0 Å². The quantitative estimate of drug-likeness (QED) is 0.779. The van der Waals surface area contributed by atoms with E-state index in [1.807, 2.05) is 0 Å². The molecule has 30 heavy (non-hydrogen) atoms. The Kier molecular flexibility index (Phi) is 5.70. The second kappa shape index (κ2) is 8.27. The standard InChI is InChI=1S/C20H25N5O4S/c1-2-30(28,29)24-11-8-16-15(13-24)19(26)23-18(22-16)17-7-3-4-10-25(17)20(27)14-6-5-9-21-12-14/h5-6,9,12,17H,2-4,7-8,10-11,13H2,1H3,(H,22,23,26)/t17-/m0/s1. The molecule has 1 saturated heterocycles. The molecule has 0 saturated carbocycles. The minimum absolute atomic E-state index is 0.000755. The van der Waals surface area contributed by atoms with Crippen LogP contribution in [0, 0.1) is 0 Å². The fourth-order valence-corrected chi connectivity index (χ4v) is 5.17. The van der Waals surface area contributed by atoms with E-state index in [0.717, 1.165) is 12.8 Å². The number of carbonyl (C=O) groups is 1. The van der Waals surface area contributed by atoms with Gasteiger partial charge >= 0.3 is 0 Å². The summed E-state index contributed by atoms with van der Waals surface area (Å²) in [7, 11) is -3.37. The van der Waals surface area contributed by atoms with Gasteiger partial charge in [0, 0.05) is 38.4 Å². The van der Waals surface area contributed by atoms with Crippen LogP contribution in [0.1, 0.15) is 59.7 Å². The molecule has 1 fully saturated rings. The van der Waals surface area contributed by atoms with Crippen LogP contribution in [0.3, 0.4) is 0 Å². The number of piperidine rings is 1. The number of hydrogen-bond donors (Lipinski definition) is 1. The number of H-pyrrole nitrogens is 1. The summed E-state index contributed by atoms with van der Waals surface area (Å²) in [5, 5.41) is 0. The van der Waals surface area contributed by atoms with Gasteiger partial charge in [0.25, 0.3) is 11.5 Å². The molecule has 160 valence electrons. The second-order valence-electron chi connectivity index (χ2n) is 7.61. The Labute approximate surface area is 175 Å². The predicted molar refractivity (Wildman–Crippen MR) is 110 cm³/mol. The zero-order valence-corrected chi connectivity index (χ0v) is 17.7. The van der Waals surface area contributed by atoms with E-state index in [1.165, 1.54) is 4.31 Å². The van der Waals surface area contributed by atoms with Crippen LogP contribution >= 0.6 is 0 Å². The first-order valence-corrected chi connectivity index (χ1v) is 11.8. The van der Waals surface area contributed by atoms with Gasteiger partial charge in [-0.2, -0.15) is 4.31 Å². The second-order valence-corrected chi connectivity index (χ2v) is 9.87. The number of aromatic amines is 1. The number of fused-ring (bicyclic) bond motifs is 1. The molecule has 4 heterocycles. The Morgan fingerprint density at radius 1 is 1.30 bits per heavy atom. The summed E-state index contributed by atoms with van der Waals surface area (Å²) in [4.78, 5) is 39.1. The number of aromatic nitrogens is 3. The molecule has 0 radical (unpaired) electrons. The molecule has 2 aliphatic heterocycles. The van der Waals surface area contributed by atoms with Gasteiger partial charge in [0.05, 0.1) is 28.6 Å². The van der Waals surface area contributed by atoms with Gasteiger partial charge in [-0.1, -0.05) is 0 Å². The van der Waals surface area contributed by atoms with E-state index < -0.39 is 10.0 Å². The first-order valence-electron chi connectivity index (χ1n) is 10.2. The number of nitrogens with one attached hydrogen (secondary N) is 1. The molecule has 0 aliphatic carbocycles. The third kappa shape index (κ3) is 3.89. The molecule has 0 aromatic carbocycles. The molecule has 2 aromatic rings. The van der Waals surface area contributed by atoms with Gasteiger partial charge in [-0.15, -0.1) is 0 Å². The first-order chi connectivity index (χ1) is 14.4. The van der Waals surface area contributed by atoms with E-state index in [4.69, 9.17) is 0 Å². The van der Waals surface area contributed by atoms with Crippen molar-refractivity contribution in [2.24, 2.45) is 0 Å². The Morgan fingerprint density at radius 2 is 2.13 bits per heavy atom. The lowest BCUT2D eigenvalue weighted by Crippen LogP contribution is -2.43. The largest absolute Gasteiger partial charge is 0.328 e. The van der Waals surface area contributed by atoms with Crippen LogP contribution in [-0.4, -0.2) is 57.3 Å². The molecule has 1 atom stereocenters. The van der Waals surface area contributed by atoms with Crippen molar-refractivity contribution in [3.8, 4) is 0 Å². The maximum atomic E-state index is 13.0. The topological polar surface area (TPSA) is 116 Å². The van der Waals surface area contributed by atoms with E-state index in [-0.39, 0.29) is 29.8 Å². The lowest BCUT2D eigenvalue weighted by Gasteiger charge is -2.35. The molecule has 1 amide bonds. The summed E-state index contributed by atoms with van der Waals surface area (Å²) in [5.41, 5.74) is 1.19. The highest BCUT2D eigenvalue weighted by atomic mass is 32.2. The molecule has 2 aliphatic rings. The normalized spacial score (nSPS) is 20.0. The fourth-order valence-electron chi connectivity index (χ4n) is 4.11. The summed E-state index contributed by atoms with van der Waals surface area (Å²) >= 11 is 0. The van der Waals surface area contributed by atoms with Gasteiger partial charge in [-0.05, 0) is 38.3 Å². The minimum atomic E-state index is -3.37. The predicted octanol–water partition coefficient (Wildman–Crippen LogP) is 1.24. The number of likely N-dealkylation sites (tertiary alicyclic amines) is 1. The average Bonchev–Trinajstić information content (AvgIpc) is 2.79. The number of carbonyl (C=O) groups excluding carboxylic acids is 1. The Morgan fingerprint density at radius 3 is 2.87 bits per heavy atom. The number of hydrogen-bond acceptors (Lipinski definition) is 6. The summed E-state index contributed by atoms with van der Waals surface area (Å²) in [5.74, 6) is 0.343. The van der Waals surface area contributed by atoms with Crippen LogP contribution in [0.2, 0.25) is 0 Å². The SMILES string of the molecule is CCS(=O)(=O)N1CCc2nc([C@@H]3CCCCN3C(=O)c3cccnc3)[nH]c(=O)c2C1. The maximum absolute atomic E-state index is 13.0. The molecular formula is C20H25N5O4S. The zero-order chi connectivity index (χ0) is 21.3. The van der Waals surface area contributed by atoms with Gasteiger partial charge in [-0.3, -0.25) is 14.6 Å². The third-order valence-corrected chi connectivity index (χ3v) is 7.63. The van der Waals surface area contributed by atoms with Gasteiger partial charge < -0.3 is 9.88 Å². The van der Waals surface area contributed by atoms with E-state index >= 15 is 0 Å². The van der Waals surface area contributed by atoms with Gasteiger partial charge in [0.15, 0.2) is 0 Å². The fraction of sp³-hybridized carbons (Fsp3) is 0.500. The number of pyridine rings is 1. The Bertz CT molecular complexity index is 1100. The lowest BCUT2D eigenvalue weighted by molar-refractivity contribution is 0.0598. The van der Waals surface area contributed by atoms with Crippen molar-refractivity contribution in [1.82, 2.24) is 24.2 Å². The molecule has 0 unspecified atom stereocenters. The third-order valence-electron chi connectivity index (χ3n) is 5.80. The van der Waals surface area contributed by atoms with Crippen molar-refractivity contribution in [1.29, 1.82) is 0 Å². The Balaban J connectivity index is 1.65. The minimum Gasteiger partial charge on any atom is -0.328 e. The molecule has 4 rings (SSSR count). The highest BCUT2D eigenvalue weighted by Gasteiger charge is 2.33. The van der Waals surface area contributed by atoms with Crippen molar-refractivity contribution in [2.45, 2.75) is 45.2 Å². The molecule has 1 N–H and O–H groups in total. The summed E-state index contributed by atoms with van der Waals surface area (Å²) in [6.45, 7) is 2.52. The van der Waals surface area contributed by atoms with Crippen molar-refractivity contribution < 1.29 is 13.2 Å². The van der Waals surface area contributed by atoms with E-state index in [0.29, 0.717) is 48.6 Å². The first kappa shape index (κ1) is 20.7. The lowest BCUT2D eigenvalue weighted by atomic mass is 9.99. The Hall–Kier alpha value is -2.59. The van der Waals surface area contributed by atoms with Crippen LogP contribution in [0.15, 0.2) is 29.3 Å². The van der Waals surface area contributed by atoms with E-state index in [2.05, 4.69) is 15.0 Å². The number of sulfonamides is 1. The number of nitrogens with zero attached hydrogens (tertiary/aromatic N) is 4. The molecule has 0 bridgehead atoms. The number of amides is 1. The molecule has 9 nitrogen and oxygen atoms in total. The van der Waals surface area contributed by atoms with Crippen LogP contribution in [0.4, 0.5) is 0 Å². The monoisotopic (exact) mass is 431 g/mol. The van der Waals surface area contributed by atoms with Crippen LogP contribution in [0.25, 0.3) is 0 Å². The maximum Gasteiger partial charge on any atom is 0.256 e. The smallest absolute Gasteiger partial charge is 0.256 e. The van der Waals surface area contributed by atoms with Gasteiger partial charge in [-0.25, -0.2) is 13.4 Å². The van der Waals surface area contributed by atoms with Crippen molar-refractivity contribution >= 4 is 15.9 Å². The van der Waals surface area contributed by atoms with Crippen molar-refractivity contribution in [3.63, 3.8) is 0 Å². The van der Waals surface area contributed by atoms with E-state index in [9.17, 15) is 18.0 Å². The van der Waals surface area contributed by atoms with Crippen molar-refractivity contribution in [3.05, 3.63) is 57.5 Å². The van der Waals surface area contributed by atoms with Crippen LogP contribution < -0.4 is 5.56 Å². The molecule has 2 aromatic heterocycles. The molecule has 0 spiro atoms. The molecular weight excluding hydrogens is 406 g/mol. The summed E-state index contributed by atoms with van der Waals surface area (Å²) in [6.07, 6.45) is 6.08. The van der Waals surface area contributed by atoms with Gasteiger partial charge in [0.1, 0.15) is 5.82 Å². The average molecular weight is 432 g/mol. The zero-order valence-electron chi connectivity index (χ0n) is 16.9. The molecule has 10 heteroatoms. The highest BCUT2D eigenvalue weighted by molar-refractivity contribution is 7.89. The van der Waals surface area contributed by atoms with Crippen molar-refractivity contribution in [2.75, 3.05) is 18.8 Å². The highest BCUT2D eigenvalue weighted by Crippen LogP contribution is 2.30.